The van der Waals surface area contributed by atoms with Crippen molar-refractivity contribution in [1.29, 1.82) is 0 Å². The van der Waals surface area contributed by atoms with Crippen molar-refractivity contribution in [1.82, 2.24) is 0 Å². The lowest BCUT2D eigenvalue weighted by Crippen LogP contribution is -2.30. The van der Waals surface area contributed by atoms with Gasteiger partial charge in [-0.05, 0) is 29.5 Å². The molecule has 0 aliphatic heterocycles. The van der Waals surface area contributed by atoms with Gasteiger partial charge in [0, 0.05) is 0 Å². The van der Waals surface area contributed by atoms with Gasteiger partial charge in [0.25, 0.3) is 0 Å². The van der Waals surface area contributed by atoms with Crippen LogP contribution in [0, 0.1) is 17.2 Å². The fourth-order valence-corrected chi connectivity index (χ4v) is 1.72. The first-order valence-corrected chi connectivity index (χ1v) is 5.48. The van der Waals surface area contributed by atoms with Crippen LogP contribution in [-0.2, 0) is 11.2 Å². The van der Waals surface area contributed by atoms with Crippen LogP contribution in [0.25, 0.3) is 0 Å². The van der Waals surface area contributed by atoms with E-state index in [9.17, 15) is 14.3 Å². The highest BCUT2D eigenvalue weighted by Crippen LogP contribution is 2.30. The fourth-order valence-electron chi connectivity index (χ4n) is 1.72. The number of aliphatic carboxylic acids is 1. The van der Waals surface area contributed by atoms with Crippen LogP contribution in [0.1, 0.15) is 26.3 Å². The van der Waals surface area contributed by atoms with Crippen molar-refractivity contribution in [3.8, 4) is 0 Å². The van der Waals surface area contributed by atoms with Crippen molar-refractivity contribution in [3.63, 3.8) is 0 Å². The van der Waals surface area contributed by atoms with E-state index in [0.717, 1.165) is 5.56 Å². The van der Waals surface area contributed by atoms with Crippen molar-refractivity contribution in [2.24, 2.45) is 11.3 Å². The Morgan fingerprint density at radius 3 is 2.47 bits per heavy atom. The molecule has 17 heavy (non-hydrogen) atoms. The lowest BCUT2D eigenvalue weighted by Gasteiger charge is -2.27. The zero-order chi connectivity index (χ0) is 13.2. The molecule has 0 spiro atoms. The average Bonchev–Trinajstić information content (AvgIpc) is 2.17. The molecule has 1 rings (SSSR count). The number of hydrogen-bond acceptors (Lipinski definition) is 2. The molecular formula is C13H18FNO2. The van der Waals surface area contributed by atoms with Crippen LogP contribution in [0.2, 0.25) is 0 Å². The molecule has 3 N–H and O–H groups in total. The number of carboxylic acids is 1. The van der Waals surface area contributed by atoms with Gasteiger partial charge >= 0.3 is 5.97 Å². The van der Waals surface area contributed by atoms with Crippen molar-refractivity contribution in [2.45, 2.75) is 27.2 Å². The molecule has 0 fully saturated rings. The average molecular weight is 239 g/mol. The molecular weight excluding hydrogens is 221 g/mol. The predicted molar refractivity (Wildman–Crippen MR) is 65.1 cm³/mol. The lowest BCUT2D eigenvalue weighted by atomic mass is 9.77. The first kappa shape index (κ1) is 13.5. The van der Waals surface area contributed by atoms with E-state index in [1.165, 1.54) is 12.1 Å². The Morgan fingerprint density at radius 2 is 2.06 bits per heavy atom. The Kier molecular flexibility index (Phi) is 3.76. The molecule has 0 radical (unpaired) electrons. The largest absolute Gasteiger partial charge is 0.481 e. The molecule has 0 aliphatic rings. The van der Waals surface area contributed by atoms with E-state index in [-0.39, 0.29) is 11.1 Å². The van der Waals surface area contributed by atoms with Gasteiger partial charge in [-0.2, -0.15) is 0 Å². The zero-order valence-electron chi connectivity index (χ0n) is 10.3. The number of rotatable bonds is 3. The van der Waals surface area contributed by atoms with Crippen LogP contribution in [0.3, 0.4) is 0 Å². The number of benzene rings is 1. The van der Waals surface area contributed by atoms with Crippen LogP contribution in [0.4, 0.5) is 10.1 Å². The fraction of sp³-hybridized carbons (Fsp3) is 0.462. The zero-order valence-corrected chi connectivity index (χ0v) is 10.3. The molecule has 4 heteroatoms. The summed E-state index contributed by atoms with van der Waals surface area (Å²) in [5.41, 5.74) is 5.90. The van der Waals surface area contributed by atoms with E-state index in [0.29, 0.717) is 6.42 Å². The Balaban J connectivity index is 2.95. The van der Waals surface area contributed by atoms with Crippen LogP contribution in [-0.4, -0.2) is 11.1 Å². The number of hydrogen-bond donors (Lipinski definition) is 2. The number of nitrogen functional groups attached to an aromatic ring is 1. The van der Waals surface area contributed by atoms with Gasteiger partial charge in [-0.15, -0.1) is 0 Å². The van der Waals surface area contributed by atoms with E-state index in [2.05, 4.69) is 0 Å². The molecule has 0 aromatic heterocycles. The standard InChI is InChI=1S/C13H18FNO2/c1-13(2,3)9(12(16)17)6-8-4-5-10(14)11(15)7-8/h4-5,7,9H,6,15H2,1-3H3,(H,16,17). The van der Waals surface area contributed by atoms with Gasteiger partial charge in [0.05, 0.1) is 11.6 Å². The van der Waals surface area contributed by atoms with Gasteiger partial charge in [-0.1, -0.05) is 26.8 Å². The first-order valence-electron chi connectivity index (χ1n) is 5.48. The van der Waals surface area contributed by atoms with Crippen molar-refractivity contribution in [2.75, 3.05) is 5.73 Å². The third-order valence-electron chi connectivity index (χ3n) is 2.84. The van der Waals surface area contributed by atoms with Crippen molar-refractivity contribution in [3.05, 3.63) is 29.6 Å². The van der Waals surface area contributed by atoms with Crippen LogP contribution >= 0.6 is 0 Å². The number of carboxylic acid groups (broad SMARTS) is 1. The second kappa shape index (κ2) is 4.73. The number of carbonyl (C=O) groups is 1. The summed E-state index contributed by atoms with van der Waals surface area (Å²) in [6, 6.07) is 4.34. The lowest BCUT2D eigenvalue weighted by molar-refractivity contribution is -0.145. The number of nitrogens with two attached hydrogens (primary N) is 1. The molecule has 0 bridgehead atoms. The Morgan fingerprint density at radius 1 is 1.47 bits per heavy atom. The van der Waals surface area contributed by atoms with E-state index >= 15 is 0 Å². The SMILES string of the molecule is CC(C)(C)C(Cc1ccc(F)c(N)c1)C(=O)O. The van der Waals surface area contributed by atoms with Crippen LogP contribution in [0.15, 0.2) is 18.2 Å². The van der Waals surface area contributed by atoms with Gasteiger partial charge in [0.15, 0.2) is 0 Å². The molecule has 1 aromatic rings. The van der Waals surface area contributed by atoms with Crippen LogP contribution in [0.5, 0.6) is 0 Å². The van der Waals surface area contributed by atoms with Crippen molar-refractivity contribution >= 4 is 11.7 Å². The van der Waals surface area contributed by atoms with Gasteiger partial charge in [-0.25, -0.2) is 4.39 Å². The third-order valence-corrected chi connectivity index (χ3v) is 2.84. The minimum Gasteiger partial charge on any atom is -0.481 e. The molecule has 94 valence electrons. The minimum absolute atomic E-state index is 0.0561. The molecule has 3 nitrogen and oxygen atoms in total. The maximum absolute atomic E-state index is 13.0. The summed E-state index contributed by atoms with van der Waals surface area (Å²) >= 11 is 0. The van der Waals surface area contributed by atoms with Crippen LogP contribution < -0.4 is 5.73 Å². The molecule has 0 heterocycles. The summed E-state index contributed by atoms with van der Waals surface area (Å²) in [7, 11) is 0. The predicted octanol–water partition coefficient (Wildman–Crippen LogP) is 2.70. The summed E-state index contributed by atoms with van der Waals surface area (Å²) in [4.78, 5) is 11.2. The summed E-state index contributed by atoms with van der Waals surface area (Å²) in [5, 5.41) is 9.19. The number of anilines is 1. The molecule has 1 aromatic carbocycles. The quantitative estimate of drug-likeness (QED) is 0.797. The normalized spacial score (nSPS) is 13.4. The highest BCUT2D eigenvalue weighted by Gasteiger charge is 2.31. The van der Waals surface area contributed by atoms with Gasteiger partial charge in [-0.3, -0.25) is 4.79 Å². The highest BCUT2D eigenvalue weighted by atomic mass is 19.1. The van der Waals surface area contributed by atoms with Crippen molar-refractivity contribution < 1.29 is 14.3 Å². The summed E-state index contributed by atoms with van der Waals surface area (Å²) in [5.74, 6) is -1.84. The maximum atomic E-state index is 13.0. The van der Waals surface area contributed by atoms with E-state index in [4.69, 9.17) is 5.73 Å². The second-order valence-corrected chi connectivity index (χ2v) is 5.32. The smallest absolute Gasteiger partial charge is 0.307 e. The molecule has 0 aliphatic carbocycles. The van der Waals surface area contributed by atoms with Gasteiger partial charge in [0.1, 0.15) is 5.82 Å². The topological polar surface area (TPSA) is 63.3 Å². The molecule has 0 saturated carbocycles. The third kappa shape index (κ3) is 3.44. The maximum Gasteiger partial charge on any atom is 0.307 e. The number of halogens is 1. The molecule has 0 saturated heterocycles. The monoisotopic (exact) mass is 239 g/mol. The second-order valence-electron chi connectivity index (χ2n) is 5.32. The highest BCUT2D eigenvalue weighted by molar-refractivity contribution is 5.71. The van der Waals surface area contributed by atoms with E-state index in [1.807, 2.05) is 20.8 Å². The molecule has 1 atom stereocenters. The Bertz CT molecular complexity index is 424. The van der Waals surface area contributed by atoms with E-state index in [1.54, 1.807) is 6.07 Å². The Hall–Kier alpha value is -1.58. The molecule has 0 amide bonds. The minimum atomic E-state index is -0.847. The Labute approximate surface area is 100 Å². The summed E-state index contributed by atoms with van der Waals surface area (Å²) in [6.45, 7) is 5.62. The van der Waals surface area contributed by atoms with E-state index < -0.39 is 17.7 Å². The summed E-state index contributed by atoms with van der Waals surface area (Å²) in [6.07, 6.45) is 0.351. The summed E-state index contributed by atoms with van der Waals surface area (Å²) < 4.78 is 13.0. The van der Waals surface area contributed by atoms with Gasteiger partial charge in [0.2, 0.25) is 0 Å². The van der Waals surface area contributed by atoms with Gasteiger partial charge < -0.3 is 10.8 Å². The first-order chi connectivity index (χ1) is 7.71. The molecule has 1 unspecified atom stereocenters.